The van der Waals surface area contributed by atoms with Crippen LogP contribution in [0.1, 0.15) is 47.5 Å². The lowest BCUT2D eigenvalue weighted by atomic mass is 9.88. The van der Waals surface area contributed by atoms with Crippen molar-refractivity contribution in [2.45, 2.75) is 47.5 Å². The summed E-state index contributed by atoms with van der Waals surface area (Å²) >= 11 is 0. The second-order valence-electron chi connectivity index (χ2n) is 6.56. The molecular weight excluding hydrogens is 268 g/mol. The number of hydrogen-bond acceptors (Lipinski definition) is 3. The molecule has 1 rings (SSSR count). The molecule has 1 unspecified atom stereocenters. The van der Waals surface area contributed by atoms with Gasteiger partial charge in [0.1, 0.15) is 0 Å². The minimum absolute atomic E-state index is 0.0304. The molecule has 1 fully saturated rings. The quantitative estimate of drug-likeness (QED) is 0.815. The number of ether oxygens (including phenoxy) is 1. The fourth-order valence-corrected chi connectivity index (χ4v) is 2.09. The zero-order chi connectivity index (χ0) is 16.0. The molecule has 0 spiro atoms. The highest BCUT2D eigenvalue weighted by Gasteiger charge is 2.29. The van der Waals surface area contributed by atoms with Crippen LogP contribution >= 0.6 is 0 Å². The van der Waals surface area contributed by atoms with Crippen molar-refractivity contribution in [1.29, 1.82) is 0 Å². The number of esters is 1. The van der Waals surface area contributed by atoms with Gasteiger partial charge in [0.15, 0.2) is 0 Å². The van der Waals surface area contributed by atoms with Gasteiger partial charge in [-0.3, -0.25) is 4.79 Å². The van der Waals surface area contributed by atoms with Crippen molar-refractivity contribution in [3.05, 3.63) is 11.8 Å². The number of carbonyl (C=O) groups excluding carboxylic acids is 2. The summed E-state index contributed by atoms with van der Waals surface area (Å²) in [6.07, 6.45) is 3.38. The van der Waals surface area contributed by atoms with Crippen molar-refractivity contribution in [2.75, 3.05) is 19.7 Å². The van der Waals surface area contributed by atoms with Gasteiger partial charge >= 0.3 is 12.0 Å². The first-order valence-electron chi connectivity index (χ1n) is 7.65. The third kappa shape index (κ3) is 5.40. The highest BCUT2D eigenvalue weighted by molar-refractivity contribution is 5.78. The Bertz CT molecular complexity index is 410. The summed E-state index contributed by atoms with van der Waals surface area (Å²) in [7, 11) is 0. The first kappa shape index (κ1) is 17.5. The number of nitrogens with one attached hydrogen (secondary N) is 1. The average Bonchev–Trinajstić information content (AvgIpc) is 2.43. The molecule has 0 aromatic heterocycles. The molecule has 0 bridgehead atoms. The van der Waals surface area contributed by atoms with E-state index in [-0.39, 0.29) is 23.3 Å². The van der Waals surface area contributed by atoms with Crippen LogP contribution in [0.5, 0.6) is 0 Å². The lowest BCUT2D eigenvalue weighted by Gasteiger charge is -2.31. The van der Waals surface area contributed by atoms with Gasteiger partial charge < -0.3 is 15.0 Å². The molecule has 1 aliphatic heterocycles. The molecule has 5 heteroatoms. The maximum atomic E-state index is 12.2. The Kier molecular flexibility index (Phi) is 6.24. The van der Waals surface area contributed by atoms with Gasteiger partial charge in [-0.05, 0) is 32.1 Å². The van der Waals surface area contributed by atoms with Gasteiger partial charge in [0.2, 0.25) is 0 Å². The summed E-state index contributed by atoms with van der Waals surface area (Å²) in [6.45, 7) is 11.6. The molecule has 0 saturated carbocycles. The molecule has 0 radical (unpaired) electrons. The first-order valence-corrected chi connectivity index (χ1v) is 7.65. The Labute approximate surface area is 127 Å². The van der Waals surface area contributed by atoms with Crippen molar-refractivity contribution >= 4 is 12.0 Å². The van der Waals surface area contributed by atoms with Crippen LogP contribution in [0.4, 0.5) is 4.79 Å². The third-order valence-corrected chi connectivity index (χ3v) is 3.92. The second-order valence-corrected chi connectivity index (χ2v) is 6.56. The molecule has 2 amide bonds. The number of allylic oxidation sites excluding steroid dienone is 1. The number of likely N-dealkylation sites (tertiary alicyclic amines) is 1. The summed E-state index contributed by atoms with van der Waals surface area (Å²) in [5.41, 5.74) is 1.14. The van der Waals surface area contributed by atoms with Crippen LogP contribution in [0.25, 0.3) is 0 Å². The number of rotatable bonds is 3. The number of piperidine rings is 1. The van der Waals surface area contributed by atoms with E-state index in [2.05, 4.69) is 26.1 Å². The van der Waals surface area contributed by atoms with Crippen molar-refractivity contribution in [1.82, 2.24) is 10.2 Å². The minimum Gasteiger partial charge on any atom is -0.466 e. The van der Waals surface area contributed by atoms with Crippen LogP contribution in [0.15, 0.2) is 11.8 Å². The van der Waals surface area contributed by atoms with E-state index >= 15 is 0 Å². The Hall–Kier alpha value is -1.52. The molecule has 1 aliphatic rings. The van der Waals surface area contributed by atoms with Crippen LogP contribution in [0, 0.1) is 11.3 Å². The van der Waals surface area contributed by atoms with Crippen LogP contribution in [-0.4, -0.2) is 36.6 Å². The van der Waals surface area contributed by atoms with Crippen molar-refractivity contribution in [3.63, 3.8) is 0 Å². The normalized spacial score (nSPS) is 20.1. The zero-order valence-electron chi connectivity index (χ0n) is 13.9. The Balaban J connectivity index is 2.57. The molecule has 21 heavy (non-hydrogen) atoms. The highest BCUT2D eigenvalue weighted by Crippen LogP contribution is 2.23. The highest BCUT2D eigenvalue weighted by atomic mass is 16.5. The molecule has 1 heterocycles. The Morgan fingerprint density at radius 1 is 1.38 bits per heavy atom. The van der Waals surface area contributed by atoms with E-state index in [9.17, 15) is 9.59 Å². The molecule has 1 N–H and O–H groups in total. The van der Waals surface area contributed by atoms with Crippen LogP contribution in [-0.2, 0) is 9.53 Å². The summed E-state index contributed by atoms with van der Waals surface area (Å²) in [5.74, 6) is -0.395. The monoisotopic (exact) mass is 296 g/mol. The molecule has 0 aromatic carbocycles. The SMILES string of the molecule is CCOC(=O)C1CCCN(C(=O)N/C=C(\C)C(C)(C)C)C1. The van der Waals surface area contributed by atoms with E-state index in [1.165, 1.54) is 0 Å². The Morgan fingerprint density at radius 3 is 2.62 bits per heavy atom. The minimum atomic E-state index is -0.198. The van der Waals surface area contributed by atoms with Crippen LogP contribution < -0.4 is 5.32 Å². The lowest BCUT2D eigenvalue weighted by molar-refractivity contribution is -0.149. The summed E-state index contributed by atoms with van der Waals surface area (Å²) < 4.78 is 5.04. The number of nitrogens with zero attached hydrogens (tertiary/aromatic N) is 1. The van der Waals surface area contributed by atoms with Gasteiger partial charge in [-0.15, -0.1) is 0 Å². The van der Waals surface area contributed by atoms with Crippen molar-refractivity contribution in [3.8, 4) is 0 Å². The van der Waals surface area contributed by atoms with Gasteiger partial charge in [0.05, 0.1) is 12.5 Å². The van der Waals surface area contributed by atoms with Gasteiger partial charge in [-0.1, -0.05) is 26.3 Å². The summed E-state index contributed by atoms with van der Waals surface area (Å²) in [6, 6.07) is -0.146. The molecule has 0 aliphatic carbocycles. The van der Waals surface area contributed by atoms with Crippen LogP contribution in [0.3, 0.4) is 0 Å². The third-order valence-electron chi connectivity index (χ3n) is 3.92. The molecule has 120 valence electrons. The molecular formula is C16H28N2O3. The van der Waals surface area contributed by atoms with E-state index in [0.29, 0.717) is 19.7 Å². The van der Waals surface area contributed by atoms with Gasteiger partial charge in [-0.25, -0.2) is 4.79 Å². The molecule has 5 nitrogen and oxygen atoms in total. The van der Waals surface area contributed by atoms with E-state index in [1.54, 1.807) is 18.0 Å². The van der Waals surface area contributed by atoms with Gasteiger partial charge in [0, 0.05) is 19.3 Å². The van der Waals surface area contributed by atoms with Gasteiger partial charge in [0.25, 0.3) is 0 Å². The fourth-order valence-electron chi connectivity index (χ4n) is 2.09. The average molecular weight is 296 g/mol. The van der Waals surface area contributed by atoms with Gasteiger partial charge in [-0.2, -0.15) is 0 Å². The Morgan fingerprint density at radius 2 is 2.05 bits per heavy atom. The summed E-state index contributed by atoms with van der Waals surface area (Å²) in [4.78, 5) is 25.6. The fraction of sp³-hybridized carbons (Fsp3) is 0.750. The predicted octanol–water partition coefficient (Wildman–Crippen LogP) is 2.92. The summed E-state index contributed by atoms with van der Waals surface area (Å²) in [5, 5.41) is 2.82. The second kappa shape index (κ2) is 7.48. The number of hydrogen-bond donors (Lipinski definition) is 1. The first-order chi connectivity index (χ1) is 9.75. The maximum Gasteiger partial charge on any atom is 0.321 e. The standard InChI is InChI=1S/C16H28N2O3/c1-6-21-14(19)13-8-7-9-18(11-13)15(20)17-10-12(2)16(3,4)5/h10,13H,6-9,11H2,1-5H3,(H,17,20)/b12-10+. The van der Waals surface area contributed by atoms with Crippen molar-refractivity contribution < 1.29 is 14.3 Å². The van der Waals surface area contributed by atoms with E-state index < -0.39 is 0 Å². The number of amides is 2. The number of urea groups is 1. The number of carbonyl (C=O) groups is 2. The smallest absolute Gasteiger partial charge is 0.321 e. The van der Waals surface area contributed by atoms with Crippen LogP contribution in [0.2, 0.25) is 0 Å². The lowest BCUT2D eigenvalue weighted by Crippen LogP contribution is -2.46. The van der Waals surface area contributed by atoms with E-state index in [4.69, 9.17) is 4.74 Å². The predicted molar refractivity (Wildman–Crippen MR) is 82.7 cm³/mol. The largest absolute Gasteiger partial charge is 0.466 e. The van der Waals surface area contributed by atoms with E-state index in [1.807, 2.05) is 6.92 Å². The molecule has 1 saturated heterocycles. The van der Waals surface area contributed by atoms with Crippen molar-refractivity contribution in [2.24, 2.45) is 11.3 Å². The zero-order valence-corrected chi connectivity index (χ0v) is 13.9. The topological polar surface area (TPSA) is 58.6 Å². The molecule has 0 aromatic rings. The maximum absolute atomic E-state index is 12.2. The molecule has 1 atom stereocenters. The van der Waals surface area contributed by atoms with E-state index in [0.717, 1.165) is 18.4 Å².